The maximum atomic E-state index is 13.4. The monoisotopic (exact) mass is 497 g/mol. The second kappa shape index (κ2) is 11.1. The third-order valence-corrected chi connectivity index (χ3v) is 6.56. The molecule has 0 atom stereocenters. The maximum absolute atomic E-state index is 13.4. The molecule has 1 aromatic heterocycles. The number of anilines is 2. The van der Waals surface area contributed by atoms with Crippen LogP contribution in [0.5, 0.6) is 0 Å². The standard InChI is InChI=1S/C16H17BrFN9O2S/c1-30(22-6-4-19,23-7-5-20)9-8-21-15-14(26-29-27-15)16(25-28)24-11-2-3-13(18)12(17)10-11/h2-3,10,28H,6-9H2,1H3,(H,21,27)(H,24,25). The van der Waals surface area contributed by atoms with Gasteiger partial charge in [-0.2, -0.15) is 10.5 Å². The van der Waals surface area contributed by atoms with Crippen molar-refractivity contribution in [2.75, 3.05) is 42.3 Å². The first-order valence-corrected chi connectivity index (χ1v) is 11.2. The zero-order chi connectivity index (χ0) is 22.0. The highest BCUT2D eigenvalue weighted by Gasteiger charge is 2.18. The first-order chi connectivity index (χ1) is 14.4. The Labute approximate surface area is 180 Å². The van der Waals surface area contributed by atoms with Crippen LogP contribution in [-0.4, -0.2) is 53.0 Å². The molecule has 11 nitrogen and oxygen atoms in total. The van der Waals surface area contributed by atoms with Crippen molar-refractivity contribution >= 4 is 42.9 Å². The Morgan fingerprint density at radius 2 is 2.00 bits per heavy atom. The van der Waals surface area contributed by atoms with Crippen molar-refractivity contribution in [2.45, 2.75) is 0 Å². The lowest BCUT2D eigenvalue weighted by Gasteiger charge is -2.11. The first-order valence-electron chi connectivity index (χ1n) is 8.30. The summed E-state index contributed by atoms with van der Waals surface area (Å²) >= 11 is 3.08. The van der Waals surface area contributed by atoms with E-state index in [4.69, 9.17) is 15.2 Å². The van der Waals surface area contributed by atoms with Crippen LogP contribution in [0.25, 0.3) is 0 Å². The summed E-state index contributed by atoms with van der Waals surface area (Å²) in [6.07, 6.45) is 1.79. The van der Waals surface area contributed by atoms with Gasteiger partial charge in [0.15, 0.2) is 5.69 Å². The van der Waals surface area contributed by atoms with E-state index < -0.39 is 15.4 Å². The molecule has 0 aliphatic carbocycles. The topological polar surface area (TPSA) is 168 Å². The molecular weight excluding hydrogens is 481 g/mol. The second-order valence-corrected chi connectivity index (χ2v) is 9.45. The molecule has 14 heteroatoms. The van der Waals surface area contributed by atoms with Crippen LogP contribution >= 0.6 is 15.9 Å². The number of hydrogen-bond acceptors (Lipinski definition) is 10. The van der Waals surface area contributed by atoms with E-state index in [1.54, 1.807) is 6.26 Å². The van der Waals surface area contributed by atoms with Crippen LogP contribution < -0.4 is 10.6 Å². The Morgan fingerprint density at radius 1 is 1.30 bits per heavy atom. The Kier molecular flexibility index (Phi) is 8.52. The average molecular weight is 498 g/mol. The molecule has 1 heterocycles. The zero-order valence-electron chi connectivity index (χ0n) is 15.7. The largest absolute Gasteiger partial charge is 0.409 e. The molecule has 158 valence electrons. The molecule has 30 heavy (non-hydrogen) atoms. The highest BCUT2D eigenvalue weighted by atomic mass is 79.9. The Hall–Kier alpha value is -3.23. The molecule has 0 saturated carbocycles. The summed E-state index contributed by atoms with van der Waals surface area (Å²) in [6, 6.07) is 8.03. The van der Waals surface area contributed by atoms with Crippen molar-refractivity contribution in [2.24, 2.45) is 13.9 Å². The quantitative estimate of drug-likeness (QED) is 0.164. The van der Waals surface area contributed by atoms with Gasteiger partial charge in [-0.15, -0.1) is 0 Å². The number of aromatic nitrogens is 2. The van der Waals surface area contributed by atoms with Gasteiger partial charge in [-0.1, -0.05) is 14.8 Å². The van der Waals surface area contributed by atoms with Gasteiger partial charge in [0.1, 0.15) is 18.9 Å². The minimum atomic E-state index is -1.88. The summed E-state index contributed by atoms with van der Waals surface area (Å²) in [5.74, 6) is 0.115. The van der Waals surface area contributed by atoms with E-state index in [-0.39, 0.29) is 34.9 Å². The van der Waals surface area contributed by atoms with Crippen molar-refractivity contribution < 1.29 is 14.2 Å². The number of nitriles is 2. The number of halogens is 2. The highest BCUT2D eigenvalue weighted by Crippen LogP contribution is 2.21. The average Bonchev–Trinajstić information content (AvgIpc) is 3.20. The minimum Gasteiger partial charge on any atom is -0.409 e. The molecule has 3 N–H and O–H groups in total. The Bertz CT molecular complexity index is 1100. The molecule has 0 aliphatic heterocycles. The SMILES string of the molecule is CS(CCNc1nonc1/C(=N/O)Nc1ccc(F)c(Br)c1)(=NCC#N)=NCC#N. The molecule has 0 bridgehead atoms. The predicted octanol–water partition coefficient (Wildman–Crippen LogP) is 2.83. The van der Waals surface area contributed by atoms with Crippen molar-refractivity contribution in [3.8, 4) is 12.1 Å². The fourth-order valence-electron chi connectivity index (χ4n) is 2.17. The van der Waals surface area contributed by atoms with Gasteiger partial charge in [0.05, 0.1) is 16.6 Å². The van der Waals surface area contributed by atoms with Crippen LogP contribution in [0.15, 0.2) is 41.2 Å². The second-order valence-electron chi connectivity index (χ2n) is 5.68. The van der Waals surface area contributed by atoms with E-state index >= 15 is 0 Å². The van der Waals surface area contributed by atoms with Gasteiger partial charge in [-0.3, -0.25) is 0 Å². The van der Waals surface area contributed by atoms with Crippen LogP contribution in [0.3, 0.4) is 0 Å². The molecule has 1 aromatic carbocycles. The van der Waals surface area contributed by atoms with Crippen molar-refractivity contribution in [3.05, 3.63) is 34.2 Å². The maximum Gasteiger partial charge on any atom is 0.203 e. The first kappa shape index (κ1) is 23.1. The number of hydrogen-bond donors (Lipinski definition) is 3. The summed E-state index contributed by atoms with van der Waals surface area (Å²) in [6.45, 7) is 0.295. The predicted molar refractivity (Wildman–Crippen MR) is 113 cm³/mol. The van der Waals surface area contributed by atoms with Crippen molar-refractivity contribution in [3.63, 3.8) is 0 Å². The van der Waals surface area contributed by atoms with E-state index in [0.29, 0.717) is 18.0 Å². The number of nitrogens with one attached hydrogen (secondary N) is 2. The van der Waals surface area contributed by atoms with Gasteiger partial charge in [0.2, 0.25) is 11.7 Å². The van der Waals surface area contributed by atoms with Crippen molar-refractivity contribution in [1.29, 1.82) is 10.5 Å². The summed E-state index contributed by atoms with van der Waals surface area (Å²) in [5, 5.41) is 43.3. The van der Waals surface area contributed by atoms with Crippen LogP contribution in [0.4, 0.5) is 15.9 Å². The number of amidine groups is 1. The summed E-state index contributed by atoms with van der Waals surface area (Å²) in [4.78, 5) is 0. The van der Waals surface area contributed by atoms with Gasteiger partial charge in [-0.05, 0) is 44.4 Å². The van der Waals surface area contributed by atoms with Gasteiger partial charge >= 0.3 is 0 Å². The highest BCUT2D eigenvalue weighted by molar-refractivity contribution is 9.10. The molecule has 0 saturated heterocycles. The van der Waals surface area contributed by atoms with Crippen LogP contribution in [0.2, 0.25) is 0 Å². The molecular formula is C16H17BrFN9O2S. The van der Waals surface area contributed by atoms with E-state index in [9.17, 15) is 9.60 Å². The number of benzene rings is 1. The minimum absolute atomic E-state index is 0.0179. The lowest BCUT2D eigenvalue weighted by Crippen LogP contribution is -2.19. The van der Waals surface area contributed by atoms with Crippen molar-refractivity contribution in [1.82, 2.24) is 10.3 Å². The number of oxime groups is 1. The zero-order valence-corrected chi connectivity index (χ0v) is 18.1. The van der Waals surface area contributed by atoms with Gasteiger partial charge in [-0.25, -0.2) is 17.7 Å². The summed E-state index contributed by atoms with van der Waals surface area (Å²) in [5.41, 5.74) is 0.533. The lowest BCUT2D eigenvalue weighted by molar-refractivity contribution is 0.305. The lowest BCUT2D eigenvalue weighted by atomic mass is 10.3. The molecule has 2 aromatic rings. The normalized spacial score (nSPS) is 11.3. The number of rotatable bonds is 8. The number of nitrogens with zero attached hydrogens (tertiary/aromatic N) is 7. The Balaban J connectivity index is 2.13. The fraction of sp³-hybridized carbons (Fsp3) is 0.312. The Morgan fingerprint density at radius 3 is 2.60 bits per heavy atom. The molecule has 0 amide bonds. The van der Waals surface area contributed by atoms with E-state index in [1.807, 2.05) is 12.1 Å². The van der Waals surface area contributed by atoms with E-state index in [0.717, 1.165) is 0 Å². The van der Waals surface area contributed by atoms with Crippen LogP contribution in [0, 0.1) is 28.5 Å². The molecule has 0 radical (unpaired) electrons. The van der Waals surface area contributed by atoms with E-state index in [2.05, 4.69) is 50.8 Å². The fourth-order valence-corrected chi connectivity index (χ4v) is 4.05. The third kappa shape index (κ3) is 6.40. The van der Waals surface area contributed by atoms with Gasteiger partial charge in [0.25, 0.3) is 0 Å². The molecule has 2 rings (SSSR count). The molecule has 0 aliphatic rings. The summed E-state index contributed by atoms with van der Waals surface area (Å²) in [7, 11) is -1.88. The van der Waals surface area contributed by atoms with E-state index in [1.165, 1.54) is 18.2 Å². The molecule has 0 unspecified atom stereocenters. The molecule has 0 spiro atoms. The van der Waals surface area contributed by atoms with Gasteiger partial charge < -0.3 is 15.8 Å². The summed E-state index contributed by atoms with van der Waals surface area (Å²) < 4.78 is 26.9. The van der Waals surface area contributed by atoms with Crippen LogP contribution in [0.1, 0.15) is 5.69 Å². The molecule has 0 fully saturated rings. The van der Waals surface area contributed by atoms with Gasteiger partial charge in [0, 0.05) is 24.2 Å². The van der Waals surface area contributed by atoms with Crippen LogP contribution in [-0.2, 0) is 9.62 Å². The third-order valence-electron chi connectivity index (χ3n) is 3.60. The smallest absolute Gasteiger partial charge is 0.203 e.